The van der Waals surface area contributed by atoms with E-state index in [9.17, 15) is 4.79 Å². The van der Waals surface area contributed by atoms with Crippen molar-refractivity contribution in [2.75, 3.05) is 12.4 Å². The molecule has 0 saturated carbocycles. The molecular formula is C15H11BrN2O2S. The van der Waals surface area contributed by atoms with Gasteiger partial charge in [-0.2, -0.15) is 0 Å². The summed E-state index contributed by atoms with van der Waals surface area (Å²) in [6.07, 6.45) is 0. The van der Waals surface area contributed by atoms with E-state index < -0.39 is 0 Å². The Morgan fingerprint density at radius 2 is 2.00 bits per heavy atom. The summed E-state index contributed by atoms with van der Waals surface area (Å²) in [5.74, 6) is 0.534. The number of hydrogen-bond acceptors (Lipinski definition) is 4. The lowest BCUT2D eigenvalue weighted by Crippen LogP contribution is -2.11. The van der Waals surface area contributed by atoms with Gasteiger partial charge in [0.2, 0.25) is 0 Å². The third-order valence-corrected chi connectivity index (χ3v) is 4.35. The minimum atomic E-state index is -0.184. The second-order valence-corrected chi connectivity index (χ2v) is 6.26. The molecular weight excluding hydrogens is 352 g/mol. The summed E-state index contributed by atoms with van der Waals surface area (Å²) >= 11 is 4.87. The molecule has 1 heterocycles. The Morgan fingerprint density at radius 1 is 1.24 bits per heavy atom. The Bertz CT molecular complexity index is 799. The second kappa shape index (κ2) is 5.83. The molecule has 0 unspecified atom stereocenters. The SMILES string of the molecule is COc1ccc(C(=O)Nc2nc3ccc(Br)cc3s2)cc1. The number of aromatic nitrogens is 1. The van der Waals surface area contributed by atoms with Crippen LogP contribution >= 0.6 is 27.3 Å². The zero-order chi connectivity index (χ0) is 14.8. The van der Waals surface area contributed by atoms with E-state index in [4.69, 9.17) is 4.74 Å². The normalized spacial score (nSPS) is 10.6. The van der Waals surface area contributed by atoms with E-state index in [1.807, 2.05) is 18.2 Å². The molecule has 0 spiro atoms. The summed E-state index contributed by atoms with van der Waals surface area (Å²) in [7, 11) is 1.59. The van der Waals surface area contributed by atoms with Crippen LogP contribution in [0, 0.1) is 0 Å². The molecule has 2 aromatic carbocycles. The van der Waals surface area contributed by atoms with Crippen LogP contribution in [-0.4, -0.2) is 18.0 Å². The number of nitrogens with one attached hydrogen (secondary N) is 1. The van der Waals surface area contributed by atoms with Gasteiger partial charge in [-0.3, -0.25) is 10.1 Å². The molecule has 4 nitrogen and oxygen atoms in total. The third kappa shape index (κ3) is 3.06. The zero-order valence-corrected chi connectivity index (χ0v) is 13.5. The third-order valence-electron chi connectivity index (χ3n) is 2.92. The van der Waals surface area contributed by atoms with Crippen molar-refractivity contribution >= 4 is 48.5 Å². The minimum Gasteiger partial charge on any atom is -0.497 e. The molecule has 0 aliphatic rings. The number of carbonyl (C=O) groups excluding carboxylic acids is 1. The van der Waals surface area contributed by atoms with E-state index in [0.717, 1.165) is 20.4 Å². The highest BCUT2D eigenvalue weighted by molar-refractivity contribution is 9.10. The van der Waals surface area contributed by atoms with Gasteiger partial charge in [-0.15, -0.1) is 0 Å². The Labute approximate surface area is 133 Å². The summed E-state index contributed by atoms with van der Waals surface area (Å²) < 4.78 is 7.09. The van der Waals surface area contributed by atoms with Gasteiger partial charge in [-0.05, 0) is 42.5 Å². The number of benzene rings is 2. The Kier molecular flexibility index (Phi) is 3.90. The number of carbonyl (C=O) groups is 1. The Balaban J connectivity index is 1.81. The maximum Gasteiger partial charge on any atom is 0.257 e. The average molecular weight is 363 g/mol. The number of hydrogen-bond donors (Lipinski definition) is 1. The lowest BCUT2D eigenvalue weighted by molar-refractivity contribution is 0.102. The fourth-order valence-electron chi connectivity index (χ4n) is 1.86. The van der Waals surface area contributed by atoms with Crippen LogP contribution in [0.1, 0.15) is 10.4 Å². The van der Waals surface area contributed by atoms with Gasteiger partial charge in [0.05, 0.1) is 17.3 Å². The quantitative estimate of drug-likeness (QED) is 0.754. The smallest absolute Gasteiger partial charge is 0.257 e. The molecule has 1 N–H and O–H groups in total. The highest BCUT2D eigenvalue weighted by Gasteiger charge is 2.10. The van der Waals surface area contributed by atoms with E-state index in [2.05, 4.69) is 26.2 Å². The number of rotatable bonds is 3. The summed E-state index contributed by atoms with van der Waals surface area (Å²) in [6.45, 7) is 0. The van der Waals surface area contributed by atoms with Crippen LogP contribution < -0.4 is 10.1 Å². The predicted octanol–water partition coefficient (Wildman–Crippen LogP) is 4.32. The van der Waals surface area contributed by atoms with Gasteiger partial charge >= 0.3 is 0 Å². The van der Waals surface area contributed by atoms with Crippen molar-refractivity contribution in [2.24, 2.45) is 0 Å². The summed E-state index contributed by atoms with van der Waals surface area (Å²) in [5, 5.41) is 3.40. The first-order valence-corrected chi connectivity index (χ1v) is 7.78. The van der Waals surface area contributed by atoms with E-state index in [-0.39, 0.29) is 5.91 Å². The molecule has 0 aliphatic heterocycles. The van der Waals surface area contributed by atoms with Crippen molar-refractivity contribution in [3.63, 3.8) is 0 Å². The molecule has 0 aliphatic carbocycles. The molecule has 0 atom stereocenters. The van der Waals surface area contributed by atoms with Crippen LogP contribution in [0.2, 0.25) is 0 Å². The van der Waals surface area contributed by atoms with E-state index >= 15 is 0 Å². The summed E-state index contributed by atoms with van der Waals surface area (Å²) in [6, 6.07) is 12.8. The Morgan fingerprint density at radius 3 is 2.71 bits per heavy atom. The van der Waals surface area contributed by atoms with Crippen molar-refractivity contribution in [3.05, 3.63) is 52.5 Å². The topological polar surface area (TPSA) is 51.2 Å². The lowest BCUT2D eigenvalue weighted by atomic mass is 10.2. The van der Waals surface area contributed by atoms with E-state index in [1.54, 1.807) is 31.4 Å². The molecule has 0 saturated heterocycles. The largest absolute Gasteiger partial charge is 0.497 e. The van der Waals surface area contributed by atoms with Crippen molar-refractivity contribution < 1.29 is 9.53 Å². The van der Waals surface area contributed by atoms with Crippen LogP contribution in [0.4, 0.5) is 5.13 Å². The molecule has 21 heavy (non-hydrogen) atoms. The molecule has 0 bridgehead atoms. The fraction of sp³-hybridized carbons (Fsp3) is 0.0667. The number of halogens is 1. The molecule has 6 heteroatoms. The van der Waals surface area contributed by atoms with Gasteiger partial charge in [-0.25, -0.2) is 4.98 Å². The monoisotopic (exact) mass is 362 g/mol. The number of nitrogens with zero attached hydrogens (tertiary/aromatic N) is 1. The van der Waals surface area contributed by atoms with Crippen LogP contribution in [0.15, 0.2) is 46.9 Å². The summed E-state index contributed by atoms with van der Waals surface area (Å²) in [5.41, 5.74) is 1.43. The average Bonchev–Trinajstić information content (AvgIpc) is 2.88. The number of amides is 1. The van der Waals surface area contributed by atoms with E-state index in [1.165, 1.54) is 11.3 Å². The molecule has 3 aromatic rings. The first kappa shape index (κ1) is 14.0. The first-order chi connectivity index (χ1) is 10.2. The molecule has 0 fully saturated rings. The van der Waals surface area contributed by atoms with Crippen molar-refractivity contribution in [1.29, 1.82) is 0 Å². The van der Waals surface area contributed by atoms with Gasteiger partial charge in [0.25, 0.3) is 5.91 Å². The first-order valence-electron chi connectivity index (χ1n) is 6.17. The maximum atomic E-state index is 12.2. The number of thiazole rings is 1. The number of anilines is 1. The van der Waals surface area contributed by atoms with Crippen molar-refractivity contribution in [2.45, 2.75) is 0 Å². The molecule has 106 valence electrons. The lowest BCUT2D eigenvalue weighted by Gasteiger charge is -2.03. The molecule has 1 aromatic heterocycles. The molecule has 3 rings (SSSR count). The number of methoxy groups -OCH3 is 1. The molecule has 0 radical (unpaired) electrons. The maximum absolute atomic E-state index is 12.2. The van der Waals surface area contributed by atoms with Crippen LogP contribution in [0.5, 0.6) is 5.75 Å². The summed E-state index contributed by atoms with van der Waals surface area (Å²) in [4.78, 5) is 16.6. The highest BCUT2D eigenvalue weighted by Crippen LogP contribution is 2.28. The molecule has 1 amide bonds. The highest BCUT2D eigenvalue weighted by atomic mass is 79.9. The van der Waals surface area contributed by atoms with Gasteiger partial charge in [0, 0.05) is 10.0 Å². The van der Waals surface area contributed by atoms with Gasteiger partial charge in [0.15, 0.2) is 5.13 Å². The van der Waals surface area contributed by atoms with Crippen LogP contribution in [-0.2, 0) is 0 Å². The Hall–Kier alpha value is -1.92. The predicted molar refractivity (Wildman–Crippen MR) is 88.3 cm³/mol. The van der Waals surface area contributed by atoms with Crippen LogP contribution in [0.3, 0.4) is 0 Å². The minimum absolute atomic E-state index is 0.184. The van der Waals surface area contributed by atoms with Crippen molar-refractivity contribution in [1.82, 2.24) is 4.98 Å². The van der Waals surface area contributed by atoms with Gasteiger partial charge < -0.3 is 4.74 Å². The van der Waals surface area contributed by atoms with E-state index in [0.29, 0.717) is 10.7 Å². The second-order valence-electron chi connectivity index (χ2n) is 4.31. The number of ether oxygens (including phenoxy) is 1. The van der Waals surface area contributed by atoms with Crippen molar-refractivity contribution in [3.8, 4) is 5.75 Å². The van der Waals surface area contributed by atoms with Gasteiger partial charge in [0.1, 0.15) is 5.75 Å². The van der Waals surface area contributed by atoms with Crippen LogP contribution in [0.25, 0.3) is 10.2 Å². The number of fused-ring (bicyclic) bond motifs is 1. The fourth-order valence-corrected chi connectivity index (χ4v) is 3.28. The standard InChI is InChI=1S/C15H11BrN2O2S/c1-20-11-5-2-9(3-6-11)14(19)18-15-17-12-7-4-10(16)8-13(12)21-15/h2-8H,1H3,(H,17,18,19). The zero-order valence-electron chi connectivity index (χ0n) is 11.1. The van der Waals surface area contributed by atoms with Gasteiger partial charge in [-0.1, -0.05) is 27.3 Å².